The third-order valence-electron chi connectivity index (χ3n) is 14.1. The summed E-state index contributed by atoms with van der Waals surface area (Å²) in [5.74, 6) is 0. The standard InChI is InChI=1S/C66H41NO2/c1-3-15-42(16-4-1)49-23-11-27-58-60-29-13-25-51(65(60)68-63(49)58)44-31-35-46(36-32-44)67(48-39-40-57-55-21-8-7-19-53(55)54-20-9-10-22-56(54)62(57)41-48)47-37-33-45(34-38-47)52-26-14-30-61-59-28-12-24-50(64(59)69-66(52)61)43-17-5-2-6-18-43/h1-41H. The molecule has 2 aromatic heterocycles. The molecular formula is C66H41NO2. The van der Waals surface area contributed by atoms with E-state index in [0.717, 1.165) is 105 Å². The lowest BCUT2D eigenvalue weighted by atomic mass is 9.94. The smallest absolute Gasteiger partial charge is 0.143 e. The molecule has 322 valence electrons. The Bertz CT molecular complexity index is 4040. The molecule has 12 aromatic carbocycles. The summed E-state index contributed by atoms with van der Waals surface area (Å²) < 4.78 is 13.7. The third-order valence-corrected chi connectivity index (χ3v) is 14.1. The van der Waals surface area contributed by atoms with Gasteiger partial charge in [0.1, 0.15) is 22.3 Å². The van der Waals surface area contributed by atoms with Crippen molar-refractivity contribution in [2.24, 2.45) is 0 Å². The SMILES string of the molecule is c1ccc(-c2cccc3c2oc2c(-c4ccc(N(c5ccc(-c6cccc7c6oc6c(-c8ccccc8)cccc67)cc5)c5ccc6c7ccccc7c7ccccc7c6c5)cc4)cccc23)cc1. The van der Waals surface area contributed by atoms with Crippen molar-refractivity contribution in [1.29, 1.82) is 0 Å². The molecule has 3 heteroatoms. The molecule has 69 heavy (non-hydrogen) atoms. The molecule has 3 nitrogen and oxygen atoms in total. The van der Waals surface area contributed by atoms with Crippen molar-refractivity contribution in [1.82, 2.24) is 0 Å². The van der Waals surface area contributed by atoms with Gasteiger partial charge in [0, 0.05) is 60.9 Å². The molecule has 0 amide bonds. The molecule has 0 aliphatic rings. The van der Waals surface area contributed by atoms with E-state index in [0.29, 0.717) is 0 Å². The van der Waals surface area contributed by atoms with E-state index in [1.165, 1.54) is 32.3 Å². The van der Waals surface area contributed by atoms with Crippen LogP contribution in [0.2, 0.25) is 0 Å². The number of nitrogens with zero attached hydrogens (tertiary/aromatic N) is 1. The highest BCUT2D eigenvalue weighted by molar-refractivity contribution is 6.26. The molecule has 0 saturated carbocycles. The van der Waals surface area contributed by atoms with E-state index in [2.05, 4.69) is 254 Å². The maximum Gasteiger partial charge on any atom is 0.143 e. The fraction of sp³-hybridized carbons (Fsp3) is 0. The zero-order valence-electron chi connectivity index (χ0n) is 37.4. The molecule has 0 aliphatic carbocycles. The Hall–Kier alpha value is -9.18. The average molecular weight is 880 g/mol. The molecule has 0 atom stereocenters. The summed E-state index contributed by atoms with van der Waals surface area (Å²) in [5, 5.41) is 11.9. The fourth-order valence-electron chi connectivity index (χ4n) is 10.8. The van der Waals surface area contributed by atoms with Gasteiger partial charge >= 0.3 is 0 Å². The highest BCUT2D eigenvalue weighted by Gasteiger charge is 2.20. The molecule has 0 unspecified atom stereocenters. The number of fused-ring (bicyclic) bond motifs is 12. The van der Waals surface area contributed by atoms with E-state index in [1.54, 1.807) is 0 Å². The minimum absolute atomic E-state index is 0.889. The molecule has 0 N–H and O–H groups in total. The Kier molecular flexibility index (Phi) is 8.90. The Labute approximate surface area is 398 Å². The van der Waals surface area contributed by atoms with Crippen molar-refractivity contribution >= 4 is 93.3 Å². The Morgan fingerprint density at radius 3 is 0.870 bits per heavy atom. The van der Waals surface area contributed by atoms with Gasteiger partial charge in [-0.1, -0.05) is 212 Å². The molecule has 14 rings (SSSR count). The van der Waals surface area contributed by atoms with Crippen molar-refractivity contribution in [3.63, 3.8) is 0 Å². The topological polar surface area (TPSA) is 29.5 Å². The maximum absolute atomic E-state index is 6.85. The summed E-state index contributed by atoms with van der Waals surface area (Å²) in [4.78, 5) is 2.37. The van der Waals surface area contributed by atoms with Gasteiger partial charge in [0.05, 0.1) is 0 Å². The Morgan fingerprint density at radius 2 is 0.493 bits per heavy atom. The monoisotopic (exact) mass is 879 g/mol. The summed E-state index contributed by atoms with van der Waals surface area (Å²) in [6, 6.07) is 89.2. The summed E-state index contributed by atoms with van der Waals surface area (Å²) in [7, 11) is 0. The van der Waals surface area contributed by atoms with E-state index in [1.807, 2.05) is 0 Å². The summed E-state index contributed by atoms with van der Waals surface area (Å²) in [5.41, 5.74) is 15.5. The van der Waals surface area contributed by atoms with Gasteiger partial charge in [0.2, 0.25) is 0 Å². The van der Waals surface area contributed by atoms with Crippen molar-refractivity contribution in [3.8, 4) is 44.5 Å². The second kappa shape index (κ2) is 15.7. The minimum atomic E-state index is 0.889. The van der Waals surface area contributed by atoms with Crippen LogP contribution in [0.3, 0.4) is 0 Å². The normalized spacial score (nSPS) is 11.8. The highest BCUT2D eigenvalue weighted by atomic mass is 16.3. The molecule has 14 aromatic rings. The largest absolute Gasteiger partial charge is 0.455 e. The van der Waals surface area contributed by atoms with Gasteiger partial charge in [-0.2, -0.15) is 0 Å². The van der Waals surface area contributed by atoms with Crippen molar-refractivity contribution in [2.45, 2.75) is 0 Å². The van der Waals surface area contributed by atoms with Gasteiger partial charge in [-0.25, -0.2) is 0 Å². The van der Waals surface area contributed by atoms with E-state index in [9.17, 15) is 0 Å². The second-order valence-electron chi connectivity index (χ2n) is 17.9. The third kappa shape index (κ3) is 6.29. The molecule has 0 aliphatic heterocycles. The van der Waals surface area contributed by atoms with E-state index < -0.39 is 0 Å². The van der Waals surface area contributed by atoms with Crippen LogP contribution in [0.1, 0.15) is 0 Å². The maximum atomic E-state index is 6.85. The van der Waals surface area contributed by atoms with Gasteiger partial charge in [-0.15, -0.1) is 0 Å². The number of para-hydroxylation sites is 4. The van der Waals surface area contributed by atoms with Crippen molar-refractivity contribution < 1.29 is 8.83 Å². The summed E-state index contributed by atoms with van der Waals surface area (Å²) in [6.07, 6.45) is 0. The highest BCUT2D eigenvalue weighted by Crippen LogP contribution is 2.45. The number of hydrogen-bond donors (Lipinski definition) is 0. The first-order valence-corrected chi connectivity index (χ1v) is 23.6. The first-order chi connectivity index (χ1) is 34.2. The molecule has 2 heterocycles. The van der Waals surface area contributed by atoms with E-state index >= 15 is 0 Å². The van der Waals surface area contributed by atoms with Crippen molar-refractivity contribution in [2.75, 3.05) is 4.90 Å². The number of furan rings is 2. The van der Waals surface area contributed by atoms with E-state index in [-0.39, 0.29) is 0 Å². The van der Waals surface area contributed by atoms with E-state index in [4.69, 9.17) is 8.83 Å². The Morgan fingerprint density at radius 1 is 0.203 bits per heavy atom. The first kappa shape index (κ1) is 39.0. The van der Waals surface area contributed by atoms with Crippen LogP contribution in [0, 0.1) is 0 Å². The lowest BCUT2D eigenvalue weighted by molar-refractivity contribution is 0.670. The molecular weight excluding hydrogens is 839 g/mol. The Balaban J connectivity index is 0.908. The van der Waals surface area contributed by atoms with Crippen LogP contribution in [0.4, 0.5) is 17.1 Å². The van der Waals surface area contributed by atoms with Crippen LogP contribution >= 0.6 is 0 Å². The number of benzene rings is 12. The van der Waals surface area contributed by atoms with Crippen LogP contribution in [0.15, 0.2) is 258 Å². The quantitative estimate of drug-likeness (QED) is 0.149. The number of anilines is 3. The predicted molar refractivity (Wildman–Crippen MR) is 290 cm³/mol. The van der Waals surface area contributed by atoms with Crippen molar-refractivity contribution in [3.05, 3.63) is 249 Å². The molecule has 0 spiro atoms. The molecule has 0 bridgehead atoms. The van der Waals surface area contributed by atoms with Gasteiger partial charge in [0.25, 0.3) is 0 Å². The lowest BCUT2D eigenvalue weighted by Gasteiger charge is -2.26. The van der Waals surface area contributed by atoms with Crippen LogP contribution < -0.4 is 4.90 Å². The molecule has 0 radical (unpaired) electrons. The fourth-order valence-corrected chi connectivity index (χ4v) is 10.8. The zero-order valence-corrected chi connectivity index (χ0v) is 37.4. The average Bonchev–Trinajstić information content (AvgIpc) is 4.01. The number of rotatable bonds is 7. The minimum Gasteiger partial charge on any atom is -0.455 e. The molecule has 0 fully saturated rings. The van der Waals surface area contributed by atoms with Crippen LogP contribution in [-0.2, 0) is 0 Å². The van der Waals surface area contributed by atoms with Gasteiger partial charge < -0.3 is 13.7 Å². The first-order valence-electron chi connectivity index (χ1n) is 23.6. The van der Waals surface area contributed by atoms with Crippen LogP contribution in [-0.4, -0.2) is 0 Å². The van der Waals surface area contributed by atoms with Crippen LogP contribution in [0.25, 0.3) is 121 Å². The lowest BCUT2D eigenvalue weighted by Crippen LogP contribution is -2.10. The summed E-state index contributed by atoms with van der Waals surface area (Å²) >= 11 is 0. The van der Waals surface area contributed by atoms with Gasteiger partial charge in [-0.3, -0.25) is 0 Å². The van der Waals surface area contributed by atoms with Crippen LogP contribution in [0.5, 0.6) is 0 Å². The number of hydrogen-bond acceptors (Lipinski definition) is 3. The molecule has 0 saturated heterocycles. The van der Waals surface area contributed by atoms with Gasteiger partial charge in [-0.05, 0) is 91.0 Å². The second-order valence-corrected chi connectivity index (χ2v) is 17.9. The zero-order chi connectivity index (χ0) is 45.4. The predicted octanol–water partition coefficient (Wildman–Crippen LogP) is 19.1. The van der Waals surface area contributed by atoms with Gasteiger partial charge in [0.15, 0.2) is 0 Å². The summed E-state index contributed by atoms with van der Waals surface area (Å²) in [6.45, 7) is 0.